The van der Waals surface area contributed by atoms with Gasteiger partial charge in [0.1, 0.15) is 0 Å². The van der Waals surface area contributed by atoms with Crippen molar-refractivity contribution >= 4 is 16.9 Å². The number of rotatable bonds is 2. The van der Waals surface area contributed by atoms with Crippen LogP contribution in [0.25, 0.3) is 22.0 Å². The summed E-state index contributed by atoms with van der Waals surface area (Å²) in [4.78, 5) is 15.6. The van der Waals surface area contributed by atoms with E-state index in [0.29, 0.717) is 5.69 Å². The van der Waals surface area contributed by atoms with Crippen molar-refractivity contribution in [1.82, 2.24) is 4.98 Å². The Morgan fingerprint density at radius 2 is 1.62 bits per heavy atom. The van der Waals surface area contributed by atoms with E-state index in [-0.39, 0.29) is 5.56 Å². The van der Waals surface area contributed by atoms with E-state index in [4.69, 9.17) is 0 Å². The zero-order valence-corrected chi connectivity index (χ0v) is 11.9. The number of aryl methyl sites for hydroxylation is 2. The molecular weight excluding hydrogens is 262 g/mol. The van der Waals surface area contributed by atoms with Gasteiger partial charge in [-0.05, 0) is 43.2 Å². The molecule has 0 unspecified atom stereocenters. The first-order valence-corrected chi connectivity index (χ1v) is 6.76. The standard InChI is InChI=1S/C18H15NO2/c1-11-3-5-13(6-4-11)14-7-8-17-15(9-14)10-16(18(20)21)12(2)19-17/h3-10H,1-2H3,(H,20,21). The molecule has 0 radical (unpaired) electrons. The van der Waals surface area contributed by atoms with E-state index in [1.807, 2.05) is 18.2 Å². The lowest BCUT2D eigenvalue weighted by Gasteiger charge is -2.07. The summed E-state index contributed by atoms with van der Waals surface area (Å²) in [6.07, 6.45) is 0. The fraction of sp³-hybridized carbons (Fsp3) is 0.111. The zero-order chi connectivity index (χ0) is 15.0. The first kappa shape index (κ1) is 13.3. The Morgan fingerprint density at radius 3 is 2.29 bits per heavy atom. The molecule has 0 aliphatic heterocycles. The average molecular weight is 277 g/mol. The second kappa shape index (κ2) is 5.02. The van der Waals surface area contributed by atoms with Crippen LogP contribution < -0.4 is 0 Å². The summed E-state index contributed by atoms with van der Waals surface area (Å²) < 4.78 is 0. The Hall–Kier alpha value is -2.68. The quantitative estimate of drug-likeness (QED) is 0.763. The fourth-order valence-corrected chi connectivity index (χ4v) is 2.41. The van der Waals surface area contributed by atoms with E-state index in [1.165, 1.54) is 5.56 Å². The van der Waals surface area contributed by atoms with Crippen molar-refractivity contribution in [3.8, 4) is 11.1 Å². The normalized spacial score (nSPS) is 10.8. The van der Waals surface area contributed by atoms with Gasteiger partial charge in [0.05, 0.1) is 16.8 Å². The lowest BCUT2D eigenvalue weighted by atomic mass is 10.0. The van der Waals surface area contributed by atoms with Crippen molar-refractivity contribution in [2.75, 3.05) is 0 Å². The van der Waals surface area contributed by atoms with E-state index < -0.39 is 5.97 Å². The number of fused-ring (bicyclic) bond motifs is 1. The zero-order valence-electron chi connectivity index (χ0n) is 11.9. The Balaban J connectivity index is 2.16. The molecule has 0 aliphatic carbocycles. The van der Waals surface area contributed by atoms with Crippen LogP contribution in [0.3, 0.4) is 0 Å². The van der Waals surface area contributed by atoms with Gasteiger partial charge in [-0.1, -0.05) is 35.9 Å². The van der Waals surface area contributed by atoms with E-state index in [0.717, 1.165) is 22.0 Å². The van der Waals surface area contributed by atoms with Crippen LogP contribution >= 0.6 is 0 Å². The molecule has 104 valence electrons. The van der Waals surface area contributed by atoms with E-state index in [1.54, 1.807) is 13.0 Å². The molecule has 2 aromatic carbocycles. The molecule has 0 saturated heterocycles. The Kier molecular flexibility index (Phi) is 3.18. The minimum absolute atomic E-state index is 0.253. The minimum Gasteiger partial charge on any atom is -0.478 e. The number of carbonyl (C=O) groups is 1. The van der Waals surface area contributed by atoms with Crippen LogP contribution in [0.2, 0.25) is 0 Å². The van der Waals surface area contributed by atoms with Crippen LogP contribution in [-0.2, 0) is 0 Å². The number of carboxylic acids is 1. The summed E-state index contributed by atoms with van der Waals surface area (Å²) in [5, 5.41) is 10.0. The molecule has 0 saturated carbocycles. The second-order valence-electron chi connectivity index (χ2n) is 5.20. The van der Waals surface area contributed by atoms with E-state index in [9.17, 15) is 9.90 Å². The fourth-order valence-electron chi connectivity index (χ4n) is 2.41. The Bertz CT molecular complexity index is 836. The first-order chi connectivity index (χ1) is 10.0. The van der Waals surface area contributed by atoms with Crippen LogP contribution in [0, 0.1) is 13.8 Å². The highest BCUT2D eigenvalue weighted by molar-refractivity contribution is 5.95. The molecule has 0 bridgehead atoms. The molecule has 1 heterocycles. The van der Waals surface area contributed by atoms with Crippen molar-refractivity contribution < 1.29 is 9.90 Å². The van der Waals surface area contributed by atoms with Gasteiger partial charge in [0.25, 0.3) is 0 Å². The first-order valence-electron chi connectivity index (χ1n) is 6.76. The largest absolute Gasteiger partial charge is 0.478 e. The molecule has 1 aromatic heterocycles. The van der Waals surface area contributed by atoms with Gasteiger partial charge in [-0.2, -0.15) is 0 Å². The molecular formula is C18H15NO2. The number of aromatic carboxylic acids is 1. The molecule has 0 aliphatic rings. The van der Waals surface area contributed by atoms with Gasteiger partial charge >= 0.3 is 5.97 Å². The summed E-state index contributed by atoms with van der Waals surface area (Å²) >= 11 is 0. The van der Waals surface area contributed by atoms with Crippen molar-refractivity contribution in [3.63, 3.8) is 0 Å². The highest BCUT2D eigenvalue weighted by Crippen LogP contribution is 2.25. The summed E-state index contributed by atoms with van der Waals surface area (Å²) in [5.41, 5.74) is 4.99. The molecule has 3 heteroatoms. The molecule has 1 N–H and O–H groups in total. The van der Waals surface area contributed by atoms with Gasteiger partial charge in [-0.3, -0.25) is 4.98 Å². The number of aromatic nitrogens is 1. The predicted molar refractivity (Wildman–Crippen MR) is 83.6 cm³/mol. The SMILES string of the molecule is Cc1ccc(-c2ccc3nc(C)c(C(=O)O)cc3c2)cc1. The molecule has 21 heavy (non-hydrogen) atoms. The number of carboxylic acid groups (broad SMARTS) is 1. The van der Waals surface area contributed by atoms with E-state index >= 15 is 0 Å². The van der Waals surface area contributed by atoms with Crippen molar-refractivity contribution in [2.45, 2.75) is 13.8 Å². The second-order valence-corrected chi connectivity index (χ2v) is 5.20. The number of hydrogen-bond acceptors (Lipinski definition) is 2. The monoisotopic (exact) mass is 277 g/mol. The third kappa shape index (κ3) is 2.50. The highest BCUT2D eigenvalue weighted by Gasteiger charge is 2.10. The van der Waals surface area contributed by atoms with Gasteiger partial charge < -0.3 is 5.11 Å². The van der Waals surface area contributed by atoms with Gasteiger partial charge in [0, 0.05) is 5.39 Å². The number of hydrogen-bond donors (Lipinski definition) is 1. The smallest absolute Gasteiger partial charge is 0.337 e. The van der Waals surface area contributed by atoms with Gasteiger partial charge in [-0.15, -0.1) is 0 Å². The molecule has 0 atom stereocenters. The molecule has 3 rings (SSSR count). The van der Waals surface area contributed by atoms with Gasteiger partial charge in [-0.25, -0.2) is 4.79 Å². The number of nitrogens with zero attached hydrogens (tertiary/aromatic N) is 1. The number of pyridine rings is 1. The van der Waals surface area contributed by atoms with Crippen LogP contribution in [0.1, 0.15) is 21.6 Å². The van der Waals surface area contributed by atoms with Crippen LogP contribution in [0.15, 0.2) is 48.5 Å². The van der Waals surface area contributed by atoms with Crippen molar-refractivity contribution in [2.24, 2.45) is 0 Å². The molecule has 3 aromatic rings. The minimum atomic E-state index is -0.942. The highest BCUT2D eigenvalue weighted by atomic mass is 16.4. The predicted octanol–water partition coefficient (Wildman–Crippen LogP) is 4.22. The summed E-state index contributed by atoms with van der Waals surface area (Å²) in [6, 6.07) is 15.9. The van der Waals surface area contributed by atoms with E-state index in [2.05, 4.69) is 36.2 Å². The van der Waals surface area contributed by atoms with Gasteiger partial charge in [0.15, 0.2) is 0 Å². The van der Waals surface area contributed by atoms with Crippen molar-refractivity contribution in [1.29, 1.82) is 0 Å². The van der Waals surface area contributed by atoms with Crippen LogP contribution in [0.5, 0.6) is 0 Å². The molecule has 0 fully saturated rings. The number of benzene rings is 2. The Morgan fingerprint density at radius 1 is 0.952 bits per heavy atom. The topological polar surface area (TPSA) is 50.2 Å². The lowest BCUT2D eigenvalue weighted by molar-refractivity contribution is 0.0696. The van der Waals surface area contributed by atoms with Gasteiger partial charge in [0.2, 0.25) is 0 Å². The van der Waals surface area contributed by atoms with Crippen LogP contribution in [0.4, 0.5) is 0 Å². The third-order valence-corrected chi connectivity index (χ3v) is 3.62. The summed E-state index contributed by atoms with van der Waals surface area (Å²) in [5.74, 6) is -0.942. The lowest BCUT2D eigenvalue weighted by Crippen LogP contribution is -2.01. The summed E-state index contributed by atoms with van der Waals surface area (Å²) in [6.45, 7) is 3.77. The average Bonchev–Trinajstić information content (AvgIpc) is 2.46. The maximum absolute atomic E-state index is 11.2. The van der Waals surface area contributed by atoms with Crippen molar-refractivity contribution in [3.05, 3.63) is 65.4 Å². The molecule has 0 spiro atoms. The summed E-state index contributed by atoms with van der Waals surface area (Å²) in [7, 11) is 0. The maximum Gasteiger partial charge on any atom is 0.337 e. The maximum atomic E-state index is 11.2. The molecule has 3 nitrogen and oxygen atoms in total. The molecule has 0 amide bonds. The Labute approximate surface area is 122 Å². The van der Waals surface area contributed by atoms with Crippen LogP contribution in [-0.4, -0.2) is 16.1 Å². The third-order valence-electron chi connectivity index (χ3n) is 3.62.